The Morgan fingerprint density at radius 1 is 1.35 bits per heavy atom. The van der Waals surface area contributed by atoms with Crippen LogP contribution in [0.15, 0.2) is 24.3 Å². The van der Waals surface area contributed by atoms with Gasteiger partial charge in [-0.25, -0.2) is 0 Å². The third-order valence-electron chi connectivity index (χ3n) is 3.21. The molecule has 1 atom stereocenters. The number of carbonyl (C=O) groups is 1. The zero-order valence-electron chi connectivity index (χ0n) is 12.7. The number of nitrogens with two attached hydrogens (primary N) is 1. The molecule has 0 aliphatic carbocycles. The molecular formula is C16H23N3O. The number of amides is 1. The molecule has 1 aromatic carbocycles. The van der Waals surface area contributed by atoms with Gasteiger partial charge in [-0.3, -0.25) is 4.79 Å². The summed E-state index contributed by atoms with van der Waals surface area (Å²) in [5.41, 5.74) is 7.17. The van der Waals surface area contributed by atoms with E-state index in [1.165, 1.54) is 0 Å². The maximum atomic E-state index is 12.5. The maximum Gasteiger partial charge on any atom is 0.231 e. The molecule has 0 aromatic heterocycles. The number of anilines is 1. The lowest BCUT2D eigenvalue weighted by Gasteiger charge is -2.28. The summed E-state index contributed by atoms with van der Waals surface area (Å²) >= 11 is 0. The molecule has 4 nitrogen and oxygen atoms in total. The largest absolute Gasteiger partial charge is 0.330 e. The molecule has 1 unspecified atom stereocenters. The van der Waals surface area contributed by atoms with Crippen LogP contribution < -0.4 is 10.6 Å². The van der Waals surface area contributed by atoms with Gasteiger partial charge in [-0.05, 0) is 36.1 Å². The SMILES string of the molecule is CN(C(=O)C(CN)CC(C)(C)C)c1ccc(C#N)cc1. The molecule has 20 heavy (non-hydrogen) atoms. The summed E-state index contributed by atoms with van der Waals surface area (Å²) in [4.78, 5) is 14.1. The predicted molar refractivity (Wildman–Crippen MR) is 81.2 cm³/mol. The molecule has 0 spiro atoms. The Kier molecular flexibility index (Phi) is 5.29. The Bertz CT molecular complexity index is 494. The van der Waals surface area contributed by atoms with Gasteiger partial charge in [0.15, 0.2) is 0 Å². The first-order valence-electron chi connectivity index (χ1n) is 6.76. The van der Waals surface area contributed by atoms with E-state index in [-0.39, 0.29) is 17.2 Å². The second-order valence-electron chi connectivity index (χ2n) is 6.25. The van der Waals surface area contributed by atoms with Gasteiger partial charge in [0.25, 0.3) is 0 Å². The fraction of sp³-hybridized carbons (Fsp3) is 0.500. The van der Waals surface area contributed by atoms with Crippen LogP contribution in [-0.2, 0) is 4.79 Å². The van der Waals surface area contributed by atoms with Crippen molar-refractivity contribution in [2.24, 2.45) is 17.1 Å². The lowest BCUT2D eigenvalue weighted by atomic mass is 9.84. The molecule has 1 rings (SSSR count). The van der Waals surface area contributed by atoms with Crippen molar-refractivity contribution in [2.75, 3.05) is 18.5 Å². The Hall–Kier alpha value is -1.86. The van der Waals surface area contributed by atoms with Crippen molar-refractivity contribution >= 4 is 11.6 Å². The highest BCUT2D eigenvalue weighted by atomic mass is 16.2. The van der Waals surface area contributed by atoms with Gasteiger partial charge in [-0.1, -0.05) is 20.8 Å². The lowest BCUT2D eigenvalue weighted by Crippen LogP contribution is -2.38. The summed E-state index contributed by atoms with van der Waals surface area (Å²) in [7, 11) is 1.75. The van der Waals surface area contributed by atoms with Crippen molar-refractivity contribution in [3.63, 3.8) is 0 Å². The summed E-state index contributed by atoms with van der Waals surface area (Å²) in [6.45, 7) is 6.65. The molecule has 0 aliphatic heterocycles. The van der Waals surface area contributed by atoms with Crippen LogP contribution in [-0.4, -0.2) is 19.5 Å². The van der Waals surface area contributed by atoms with E-state index in [0.29, 0.717) is 12.1 Å². The molecule has 0 aliphatic rings. The number of benzene rings is 1. The van der Waals surface area contributed by atoms with Crippen molar-refractivity contribution < 1.29 is 4.79 Å². The molecule has 2 N–H and O–H groups in total. The van der Waals surface area contributed by atoms with Crippen LogP contribution in [0.1, 0.15) is 32.8 Å². The second-order valence-corrected chi connectivity index (χ2v) is 6.25. The summed E-state index contributed by atoms with van der Waals surface area (Å²) in [6, 6.07) is 9.04. The van der Waals surface area contributed by atoms with Gasteiger partial charge < -0.3 is 10.6 Å². The Morgan fingerprint density at radius 2 is 1.90 bits per heavy atom. The second kappa shape index (κ2) is 6.53. The van der Waals surface area contributed by atoms with Crippen LogP contribution in [0, 0.1) is 22.7 Å². The summed E-state index contributed by atoms with van der Waals surface area (Å²) in [6.07, 6.45) is 0.753. The number of nitriles is 1. The number of rotatable bonds is 4. The van der Waals surface area contributed by atoms with E-state index in [9.17, 15) is 4.79 Å². The molecule has 0 radical (unpaired) electrons. The van der Waals surface area contributed by atoms with Crippen LogP contribution >= 0.6 is 0 Å². The van der Waals surface area contributed by atoms with Crippen LogP contribution in [0.2, 0.25) is 0 Å². The van der Waals surface area contributed by atoms with Gasteiger partial charge in [0.05, 0.1) is 17.6 Å². The van der Waals surface area contributed by atoms with E-state index in [1.54, 1.807) is 36.2 Å². The van der Waals surface area contributed by atoms with Gasteiger partial charge >= 0.3 is 0 Å². The first-order chi connectivity index (χ1) is 9.28. The summed E-state index contributed by atoms with van der Waals surface area (Å²) in [5.74, 6) is -0.164. The van der Waals surface area contributed by atoms with Crippen molar-refractivity contribution in [1.29, 1.82) is 5.26 Å². The van der Waals surface area contributed by atoms with E-state index in [4.69, 9.17) is 11.0 Å². The Morgan fingerprint density at radius 3 is 2.30 bits per heavy atom. The first-order valence-corrected chi connectivity index (χ1v) is 6.76. The molecule has 108 valence electrons. The van der Waals surface area contributed by atoms with Crippen molar-refractivity contribution in [1.82, 2.24) is 0 Å². The van der Waals surface area contributed by atoms with Gasteiger partial charge in [-0.2, -0.15) is 5.26 Å². The molecule has 0 bridgehead atoms. The number of nitrogens with zero attached hydrogens (tertiary/aromatic N) is 2. The third-order valence-corrected chi connectivity index (χ3v) is 3.21. The van der Waals surface area contributed by atoms with Gasteiger partial charge in [0.1, 0.15) is 0 Å². The third kappa shape index (κ3) is 4.36. The van der Waals surface area contributed by atoms with Crippen molar-refractivity contribution in [3.8, 4) is 6.07 Å². The smallest absolute Gasteiger partial charge is 0.231 e. The molecule has 0 fully saturated rings. The number of hydrogen-bond donors (Lipinski definition) is 1. The summed E-state index contributed by atoms with van der Waals surface area (Å²) < 4.78 is 0. The van der Waals surface area contributed by atoms with E-state index in [2.05, 4.69) is 26.8 Å². The van der Waals surface area contributed by atoms with Crippen molar-refractivity contribution in [3.05, 3.63) is 29.8 Å². The highest BCUT2D eigenvalue weighted by Crippen LogP contribution is 2.26. The molecule has 4 heteroatoms. The standard InChI is InChI=1S/C16H23N3O/c1-16(2,3)9-13(11-18)15(20)19(4)14-7-5-12(10-17)6-8-14/h5-8,13H,9,11,18H2,1-4H3. The van der Waals surface area contributed by atoms with Gasteiger partial charge in [-0.15, -0.1) is 0 Å². The average Bonchev–Trinajstić information content (AvgIpc) is 2.42. The van der Waals surface area contributed by atoms with E-state index in [1.807, 2.05) is 0 Å². The molecule has 0 saturated heterocycles. The topological polar surface area (TPSA) is 70.1 Å². The fourth-order valence-electron chi connectivity index (χ4n) is 2.17. The average molecular weight is 273 g/mol. The van der Waals surface area contributed by atoms with Crippen LogP contribution in [0.5, 0.6) is 0 Å². The first kappa shape index (κ1) is 16.2. The minimum atomic E-state index is -0.185. The highest BCUT2D eigenvalue weighted by Gasteiger charge is 2.26. The van der Waals surface area contributed by atoms with E-state index in [0.717, 1.165) is 12.1 Å². The minimum absolute atomic E-state index is 0.0205. The molecule has 1 amide bonds. The number of hydrogen-bond acceptors (Lipinski definition) is 3. The zero-order valence-corrected chi connectivity index (χ0v) is 12.7. The van der Waals surface area contributed by atoms with Crippen LogP contribution in [0.4, 0.5) is 5.69 Å². The Balaban J connectivity index is 2.86. The van der Waals surface area contributed by atoms with E-state index >= 15 is 0 Å². The molecular weight excluding hydrogens is 250 g/mol. The van der Waals surface area contributed by atoms with Crippen molar-refractivity contribution in [2.45, 2.75) is 27.2 Å². The quantitative estimate of drug-likeness (QED) is 0.916. The molecule has 0 saturated carbocycles. The minimum Gasteiger partial charge on any atom is -0.330 e. The van der Waals surface area contributed by atoms with Gasteiger partial charge in [0, 0.05) is 19.3 Å². The van der Waals surface area contributed by atoms with Crippen LogP contribution in [0.25, 0.3) is 0 Å². The van der Waals surface area contributed by atoms with Crippen LogP contribution in [0.3, 0.4) is 0 Å². The Labute approximate surface area is 121 Å². The maximum absolute atomic E-state index is 12.5. The summed E-state index contributed by atoms with van der Waals surface area (Å²) in [5, 5.41) is 8.78. The molecule has 0 heterocycles. The van der Waals surface area contributed by atoms with Gasteiger partial charge in [0.2, 0.25) is 5.91 Å². The fourth-order valence-corrected chi connectivity index (χ4v) is 2.17. The molecule has 1 aromatic rings. The normalized spacial score (nSPS) is 12.6. The lowest BCUT2D eigenvalue weighted by molar-refractivity contribution is -0.122. The zero-order chi connectivity index (χ0) is 15.3. The van der Waals surface area contributed by atoms with E-state index < -0.39 is 0 Å². The monoisotopic (exact) mass is 273 g/mol. The predicted octanol–water partition coefficient (Wildman–Crippen LogP) is 2.53. The highest BCUT2D eigenvalue weighted by molar-refractivity contribution is 5.94. The number of carbonyl (C=O) groups excluding carboxylic acids is 1.